The number of aliphatic hydroxyl groups is 1. The minimum atomic E-state index is -0.330. The zero-order chi connectivity index (χ0) is 25.0. The number of nitrogens with zero attached hydrogens (tertiary/aromatic N) is 4. The molecule has 2 N–H and O–H groups in total. The van der Waals surface area contributed by atoms with Gasteiger partial charge in [0.1, 0.15) is 4.83 Å². The average Bonchev–Trinajstić information content (AvgIpc) is 3.23. The highest BCUT2D eigenvalue weighted by atomic mass is 32.2. The third-order valence-electron chi connectivity index (χ3n) is 6.90. The van der Waals surface area contributed by atoms with Crippen LogP contribution in [0.25, 0.3) is 16.3 Å². The van der Waals surface area contributed by atoms with Crippen molar-refractivity contribution in [1.29, 1.82) is 0 Å². The van der Waals surface area contributed by atoms with Crippen LogP contribution in [0.3, 0.4) is 0 Å². The van der Waals surface area contributed by atoms with Crippen LogP contribution in [0.1, 0.15) is 42.0 Å². The summed E-state index contributed by atoms with van der Waals surface area (Å²) in [6.07, 6.45) is 8.55. The fraction of sp³-hybridized carbons (Fsp3) is 0.346. The van der Waals surface area contributed by atoms with Crippen LogP contribution in [0.2, 0.25) is 0 Å². The van der Waals surface area contributed by atoms with Crippen molar-refractivity contribution in [2.45, 2.75) is 49.0 Å². The van der Waals surface area contributed by atoms with E-state index in [2.05, 4.69) is 28.9 Å². The van der Waals surface area contributed by atoms with Gasteiger partial charge >= 0.3 is 5.69 Å². The van der Waals surface area contributed by atoms with Crippen molar-refractivity contribution in [2.24, 2.45) is 7.05 Å². The van der Waals surface area contributed by atoms with E-state index < -0.39 is 0 Å². The van der Waals surface area contributed by atoms with Gasteiger partial charge in [0.25, 0.3) is 5.56 Å². The van der Waals surface area contributed by atoms with E-state index in [9.17, 15) is 14.7 Å². The van der Waals surface area contributed by atoms with E-state index in [4.69, 9.17) is 0 Å². The molecule has 4 aromatic rings. The minimum absolute atomic E-state index is 0.0477. The lowest BCUT2D eigenvalue weighted by Crippen LogP contribution is -2.40. The van der Waals surface area contributed by atoms with Gasteiger partial charge in [-0.05, 0) is 72.5 Å². The SMILES string of the molecule is Cn1cc(Cn2c(=O)c3cc(SNC4(C)CC4)sc3n(Cc3ccc4c(c3)C=C(CO)C4)c2=O)cn1. The van der Waals surface area contributed by atoms with Crippen LogP contribution in [0.4, 0.5) is 0 Å². The Balaban J connectivity index is 1.43. The van der Waals surface area contributed by atoms with E-state index in [1.54, 1.807) is 15.4 Å². The number of benzene rings is 1. The zero-order valence-corrected chi connectivity index (χ0v) is 21.8. The Labute approximate surface area is 216 Å². The number of aliphatic hydroxyl groups excluding tert-OH is 1. The van der Waals surface area contributed by atoms with Crippen LogP contribution in [-0.2, 0) is 26.6 Å². The summed E-state index contributed by atoms with van der Waals surface area (Å²) < 4.78 is 9.16. The molecule has 186 valence electrons. The first-order valence-corrected chi connectivity index (χ1v) is 13.6. The summed E-state index contributed by atoms with van der Waals surface area (Å²) in [4.78, 5) is 27.9. The van der Waals surface area contributed by atoms with Crippen molar-refractivity contribution in [1.82, 2.24) is 23.6 Å². The second kappa shape index (κ2) is 8.88. The number of hydrogen-bond donors (Lipinski definition) is 2. The van der Waals surface area contributed by atoms with Crippen molar-refractivity contribution >= 4 is 39.6 Å². The van der Waals surface area contributed by atoms with E-state index >= 15 is 0 Å². The van der Waals surface area contributed by atoms with Crippen LogP contribution in [0.15, 0.2) is 56.0 Å². The third kappa shape index (κ3) is 4.39. The smallest absolute Gasteiger partial charge is 0.332 e. The highest BCUT2D eigenvalue weighted by Gasteiger charge is 2.37. The van der Waals surface area contributed by atoms with Crippen LogP contribution in [0.5, 0.6) is 0 Å². The topological polar surface area (TPSA) is 94.1 Å². The van der Waals surface area contributed by atoms with Gasteiger partial charge in [-0.15, -0.1) is 11.3 Å². The van der Waals surface area contributed by atoms with Gasteiger partial charge in [0.05, 0.1) is 35.5 Å². The quantitative estimate of drug-likeness (QED) is 0.346. The Morgan fingerprint density at radius 3 is 2.69 bits per heavy atom. The van der Waals surface area contributed by atoms with Gasteiger partial charge in [0, 0.05) is 24.3 Å². The molecule has 6 rings (SSSR count). The summed E-state index contributed by atoms with van der Waals surface area (Å²) in [6.45, 7) is 2.76. The van der Waals surface area contributed by atoms with Gasteiger partial charge in [-0.2, -0.15) is 5.10 Å². The summed E-state index contributed by atoms with van der Waals surface area (Å²) >= 11 is 3.01. The van der Waals surface area contributed by atoms with Crippen molar-refractivity contribution in [3.8, 4) is 0 Å². The van der Waals surface area contributed by atoms with Gasteiger partial charge in [-0.1, -0.05) is 18.2 Å². The molecule has 0 atom stereocenters. The van der Waals surface area contributed by atoms with Gasteiger partial charge < -0.3 is 5.11 Å². The lowest BCUT2D eigenvalue weighted by Gasteiger charge is -2.12. The van der Waals surface area contributed by atoms with E-state index in [1.165, 1.54) is 33.4 Å². The van der Waals surface area contributed by atoms with E-state index in [0.29, 0.717) is 16.8 Å². The minimum Gasteiger partial charge on any atom is -0.392 e. The molecule has 3 aromatic heterocycles. The predicted molar refractivity (Wildman–Crippen MR) is 144 cm³/mol. The molecule has 8 nitrogen and oxygen atoms in total. The number of aromatic nitrogens is 4. The van der Waals surface area contributed by atoms with Crippen LogP contribution in [-0.4, -0.2) is 36.2 Å². The number of hydrogen-bond acceptors (Lipinski definition) is 7. The van der Waals surface area contributed by atoms with E-state index in [-0.39, 0.29) is 29.9 Å². The first-order valence-electron chi connectivity index (χ1n) is 11.9. The number of aryl methyl sites for hydroxylation is 1. The molecule has 0 unspecified atom stereocenters. The fourth-order valence-electron chi connectivity index (χ4n) is 4.54. The Bertz CT molecular complexity index is 1640. The molecular weight excluding hydrogens is 494 g/mol. The lowest BCUT2D eigenvalue weighted by atomic mass is 10.1. The van der Waals surface area contributed by atoms with Gasteiger partial charge in [-0.25, -0.2) is 4.79 Å². The molecule has 10 heteroatoms. The predicted octanol–water partition coefficient (Wildman–Crippen LogP) is 3.14. The standard InChI is InChI=1S/C26H27N5O3S2/c1-26(5-6-26)28-36-22-10-21-23(33)30(14-18-11-27-29(2)12-18)25(34)31(24(21)35-22)13-16-3-4-19-8-17(15-32)9-20(19)7-16/h3-4,7,9-12,28,32H,5-6,8,13-15H2,1-2H3. The van der Waals surface area contributed by atoms with E-state index in [0.717, 1.165) is 45.7 Å². The molecule has 1 fully saturated rings. The number of fused-ring (bicyclic) bond motifs is 2. The number of thiophene rings is 1. The lowest BCUT2D eigenvalue weighted by molar-refractivity contribution is 0.330. The molecule has 2 aliphatic carbocycles. The molecule has 0 radical (unpaired) electrons. The Morgan fingerprint density at radius 1 is 1.17 bits per heavy atom. The Morgan fingerprint density at radius 2 is 1.97 bits per heavy atom. The monoisotopic (exact) mass is 521 g/mol. The fourth-order valence-corrected chi connectivity index (χ4v) is 6.68. The molecule has 0 saturated heterocycles. The first kappa shape index (κ1) is 23.5. The maximum atomic E-state index is 13.7. The van der Waals surface area contributed by atoms with Crippen LogP contribution >= 0.6 is 23.3 Å². The van der Waals surface area contributed by atoms with Crippen molar-refractivity contribution in [3.63, 3.8) is 0 Å². The molecule has 1 aromatic carbocycles. The molecule has 36 heavy (non-hydrogen) atoms. The number of nitrogens with one attached hydrogen (secondary N) is 1. The van der Waals surface area contributed by atoms with Gasteiger partial charge in [0.15, 0.2) is 0 Å². The first-order chi connectivity index (χ1) is 17.3. The maximum Gasteiger partial charge on any atom is 0.332 e. The molecule has 0 aliphatic heterocycles. The highest BCUT2D eigenvalue weighted by molar-refractivity contribution is 7.99. The summed E-state index contributed by atoms with van der Waals surface area (Å²) in [5.74, 6) is 0. The van der Waals surface area contributed by atoms with E-state index in [1.807, 2.05) is 31.5 Å². The van der Waals surface area contributed by atoms with Crippen molar-refractivity contribution in [2.75, 3.05) is 6.61 Å². The molecule has 1 saturated carbocycles. The Hall–Kier alpha value is -2.92. The van der Waals surface area contributed by atoms with Gasteiger partial charge in [0.2, 0.25) is 0 Å². The molecule has 3 heterocycles. The summed E-state index contributed by atoms with van der Waals surface area (Å²) in [7, 11) is 1.81. The second-order valence-corrected chi connectivity index (χ2v) is 12.1. The normalized spacial score (nSPS) is 15.9. The van der Waals surface area contributed by atoms with Gasteiger partial charge in [-0.3, -0.25) is 23.3 Å². The summed E-state index contributed by atoms with van der Waals surface area (Å²) in [6, 6.07) is 8.07. The third-order valence-corrected chi connectivity index (χ3v) is 9.27. The summed E-state index contributed by atoms with van der Waals surface area (Å²) in [5, 5.41) is 14.3. The van der Waals surface area contributed by atoms with Crippen LogP contribution in [0, 0.1) is 0 Å². The molecule has 2 aliphatic rings. The Kier molecular flexibility index (Phi) is 5.79. The van der Waals surface area contributed by atoms with Crippen LogP contribution < -0.4 is 16.0 Å². The molecule has 0 bridgehead atoms. The average molecular weight is 522 g/mol. The highest BCUT2D eigenvalue weighted by Crippen LogP contribution is 2.39. The maximum absolute atomic E-state index is 13.7. The summed E-state index contributed by atoms with van der Waals surface area (Å²) in [5.41, 5.74) is 4.56. The zero-order valence-electron chi connectivity index (χ0n) is 20.2. The molecular formula is C26H27N5O3S2. The molecule has 0 spiro atoms. The second-order valence-electron chi connectivity index (χ2n) is 10.0. The van der Waals surface area contributed by atoms with Crippen molar-refractivity contribution < 1.29 is 5.11 Å². The molecule has 0 amide bonds. The number of rotatable bonds is 8. The largest absolute Gasteiger partial charge is 0.392 e. The van der Waals surface area contributed by atoms with Crippen molar-refractivity contribution in [3.05, 3.63) is 85.3 Å².